The normalized spacial score (nSPS) is 11.2. The van der Waals surface area contributed by atoms with Crippen LogP contribution in [-0.4, -0.2) is 44.9 Å². The number of anilines is 3. The molecule has 2 aromatic heterocycles. The van der Waals surface area contributed by atoms with Crippen LogP contribution in [0.25, 0.3) is 11.0 Å². The fourth-order valence-corrected chi connectivity index (χ4v) is 4.42. The smallest absolute Gasteiger partial charge is 0.270 e. The summed E-state index contributed by atoms with van der Waals surface area (Å²) in [4.78, 5) is 8.04. The molecule has 2 aromatic carbocycles. The van der Waals surface area contributed by atoms with Gasteiger partial charge in [-0.3, -0.25) is 4.72 Å². The van der Waals surface area contributed by atoms with Crippen molar-refractivity contribution in [2.75, 3.05) is 31.4 Å². The highest BCUT2D eigenvalue weighted by molar-refractivity contribution is 7.93. The van der Waals surface area contributed by atoms with Crippen molar-refractivity contribution in [3.05, 3.63) is 48.8 Å². The molecule has 0 spiro atoms. The largest absolute Gasteiger partial charge is 0.496 e. The number of benzene rings is 2. The third-order valence-corrected chi connectivity index (χ3v) is 5.86. The number of fused-ring (bicyclic) bond motifs is 1. The number of rotatable bonds is 8. The topological polar surface area (TPSA) is 138 Å². The Morgan fingerprint density at radius 3 is 2.19 bits per heavy atom. The summed E-state index contributed by atoms with van der Waals surface area (Å²) in [6, 6.07) is 9.63. The number of methoxy groups -OCH3 is 3. The van der Waals surface area contributed by atoms with Crippen molar-refractivity contribution in [1.82, 2.24) is 15.1 Å². The molecule has 12 heteroatoms. The van der Waals surface area contributed by atoms with E-state index in [0.29, 0.717) is 22.8 Å². The molecule has 2 heterocycles. The summed E-state index contributed by atoms with van der Waals surface area (Å²) in [6.45, 7) is 0. The maximum Gasteiger partial charge on any atom is 0.270 e. The van der Waals surface area contributed by atoms with Crippen LogP contribution >= 0.6 is 0 Å². The molecule has 0 fully saturated rings. The number of aromatic nitrogens is 3. The van der Waals surface area contributed by atoms with Gasteiger partial charge in [0, 0.05) is 30.2 Å². The number of hydrogen-bond donors (Lipinski definition) is 2. The molecule has 0 aliphatic carbocycles. The van der Waals surface area contributed by atoms with Gasteiger partial charge in [-0.25, -0.2) is 18.4 Å². The quantitative estimate of drug-likeness (QED) is 0.406. The molecular weight excluding hydrogens is 438 g/mol. The Labute approximate surface area is 183 Å². The van der Waals surface area contributed by atoms with Gasteiger partial charge in [-0.1, -0.05) is 11.2 Å². The van der Waals surface area contributed by atoms with E-state index in [2.05, 4.69) is 25.2 Å². The van der Waals surface area contributed by atoms with Crippen LogP contribution in [-0.2, 0) is 10.0 Å². The van der Waals surface area contributed by atoms with E-state index in [9.17, 15) is 8.42 Å². The van der Waals surface area contributed by atoms with Crippen LogP contribution in [0.3, 0.4) is 0 Å². The summed E-state index contributed by atoms with van der Waals surface area (Å²) in [5.74, 6) is 0.883. The fraction of sp³-hybridized carbons (Fsp3) is 0.150. The van der Waals surface area contributed by atoms with E-state index in [0.717, 1.165) is 0 Å². The molecular formula is C20H19N5O6S. The summed E-state index contributed by atoms with van der Waals surface area (Å²) in [6.07, 6.45) is 3.19. The Morgan fingerprint density at radius 1 is 0.906 bits per heavy atom. The number of hydrogen-bond acceptors (Lipinski definition) is 10. The molecule has 32 heavy (non-hydrogen) atoms. The lowest BCUT2D eigenvalue weighted by Crippen LogP contribution is -2.15. The zero-order valence-corrected chi connectivity index (χ0v) is 18.1. The van der Waals surface area contributed by atoms with Crippen LogP contribution in [0.2, 0.25) is 0 Å². The third-order valence-electron chi connectivity index (χ3n) is 4.46. The van der Waals surface area contributed by atoms with Crippen molar-refractivity contribution in [2.45, 2.75) is 4.90 Å². The monoisotopic (exact) mass is 457 g/mol. The zero-order valence-electron chi connectivity index (χ0n) is 17.3. The molecule has 4 aromatic rings. The highest BCUT2D eigenvalue weighted by Gasteiger charge is 2.28. The van der Waals surface area contributed by atoms with Gasteiger partial charge in [0.1, 0.15) is 22.6 Å². The third kappa shape index (κ3) is 3.95. The second-order valence-electron chi connectivity index (χ2n) is 6.38. The minimum Gasteiger partial charge on any atom is -0.496 e. The molecule has 11 nitrogen and oxygen atoms in total. The summed E-state index contributed by atoms with van der Waals surface area (Å²) < 4.78 is 50.0. The van der Waals surface area contributed by atoms with Gasteiger partial charge in [-0.15, -0.1) is 0 Å². The Hall–Kier alpha value is -4.06. The van der Waals surface area contributed by atoms with Crippen LogP contribution in [0.1, 0.15) is 0 Å². The second kappa shape index (κ2) is 8.59. The molecule has 0 aliphatic rings. The van der Waals surface area contributed by atoms with E-state index >= 15 is 0 Å². The first kappa shape index (κ1) is 21.2. The van der Waals surface area contributed by atoms with Gasteiger partial charge in [-0.2, -0.15) is 0 Å². The average molecular weight is 457 g/mol. The van der Waals surface area contributed by atoms with Gasteiger partial charge in [0.2, 0.25) is 5.95 Å². The molecule has 0 amide bonds. The van der Waals surface area contributed by atoms with E-state index < -0.39 is 10.0 Å². The van der Waals surface area contributed by atoms with E-state index in [1.165, 1.54) is 33.5 Å². The van der Waals surface area contributed by atoms with Gasteiger partial charge in [0.25, 0.3) is 10.0 Å². The van der Waals surface area contributed by atoms with Gasteiger partial charge >= 0.3 is 0 Å². The fourth-order valence-electron chi connectivity index (χ4n) is 3.09. The van der Waals surface area contributed by atoms with Crippen LogP contribution < -0.4 is 24.2 Å². The summed E-state index contributed by atoms with van der Waals surface area (Å²) in [5, 5.41) is 7.25. The molecule has 2 N–H and O–H groups in total. The predicted octanol–water partition coefficient (Wildman–Crippen LogP) is 3.19. The Bertz CT molecular complexity index is 1340. The van der Waals surface area contributed by atoms with Gasteiger partial charge in [-0.05, 0) is 18.2 Å². The molecule has 0 atom stereocenters. The Balaban J connectivity index is 1.75. The number of ether oxygens (including phenoxy) is 3. The SMILES string of the molecule is COc1cccc(OC)c1S(=O)(=O)Nc1noc2cc(Nc3ncccn3)cc(OC)c12. The Morgan fingerprint density at radius 2 is 1.56 bits per heavy atom. The van der Waals surface area contributed by atoms with Gasteiger partial charge < -0.3 is 24.1 Å². The molecule has 0 bridgehead atoms. The molecule has 0 radical (unpaired) electrons. The summed E-state index contributed by atoms with van der Waals surface area (Å²) >= 11 is 0. The van der Waals surface area contributed by atoms with E-state index in [1.807, 2.05) is 0 Å². The van der Waals surface area contributed by atoms with Crippen molar-refractivity contribution in [2.24, 2.45) is 0 Å². The van der Waals surface area contributed by atoms with Crippen LogP contribution in [0.4, 0.5) is 17.5 Å². The van der Waals surface area contributed by atoms with Crippen LogP contribution in [0, 0.1) is 0 Å². The Kier molecular flexibility index (Phi) is 5.69. The van der Waals surface area contributed by atoms with Gasteiger partial charge in [0.15, 0.2) is 16.3 Å². The van der Waals surface area contributed by atoms with Crippen molar-refractivity contribution in [3.8, 4) is 17.2 Å². The average Bonchev–Trinajstić information content (AvgIpc) is 3.20. The summed E-state index contributed by atoms with van der Waals surface area (Å²) in [5.41, 5.74) is 0.852. The standard InChI is InChI=1S/C20H19N5O6S/c1-28-13-6-4-7-14(29-2)18(13)32(26,27)25-19-17-15(30-3)10-12(11-16(17)31-24-19)23-20-21-8-5-9-22-20/h4-11H,1-3H3,(H,24,25)(H,21,22,23). The van der Waals surface area contributed by atoms with E-state index in [1.54, 1.807) is 36.7 Å². The molecule has 0 aliphatic heterocycles. The maximum atomic E-state index is 13.2. The van der Waals surface area contributed by atoms with Crippen molar-refractivity contribution in [3.63, 3.8) is 0 Å². The highest BCUT2D eigenvalue weighted by Crippen LogP contribution is 2.39. The van der Waals surface area contributed by atoms with Crippen LogP contribution in [0.15, 0.2) is 58.2 Å². The molecule has 166 valence electrons. The molecule has 4 rings (SSSR count). The lowest BCUT2D eigenvalue weighted by molar-refractivity contribution is 0.373. The first-order valence-electron chi connectivity index (χ1n) is 9.22. The first-order chi connectivity index (χ1) is 15.5. The minimum absolute atomic E-state index is 0.0488. The second-order valence-corrected chi connectivity index (χ2v) is 8.00. The van der Waals surface area contributed by atoms with Gasteiger partial charge in [0.05, 0.1) is 21.3 Å². The van der Waals surface area contributed by atoms with Crippen molar-refractivity contribution < 1.29 is 27.2 Å². The molecule has 0 saturated carbocycles. The number of sulfonamides is 1. The molecule has 0 unspecified atom stereocenters. The first-order valence-corrected chi connectivity index (χ1v) is 10.7. The van der Waals surface area contributed by atoms with Crippen LogP contribution in [0.5, 0.6) is 17.2 Å². The minimum atomic E-state index is -4.16. The highest BCUT2D eigenvalue weighted by atomic mass is 32.2. The lowest BCUT2D eigenvalue weighted by Gasteiger charge is -2.14. The van der Waals surface area contributed by atoms with Crippen molar-refractivity contribution >= 4 is 38.4 Å². The number of nitrogens with one attached hydrogen (secondary N) is 2. The predicted molar refractivity (Wildman–Crippen MR) is 116 cm³/mol. The lowest BCUT2D eigenvalue weighted by atomic mass is 10.2. The number of nitrogens with zero attached hydrogens (tertiary/aromatic N) is 3. The maximum absolute atomic E-state index is 13.2. The summed E-state index contributed by atoms with van der Waals surface area (Å²) in [7, 11) is 0.0297. The zero-order chi connectivity index (χ0) is 22.7. The van der Waals surface area contributed by atoms with E-state index in [4.69, 9.17) is 18.7 Å². The molecule has 0 saturated heterocycles. The van der Waals surface area contributed by atoms with E-state index in [-0.39, 0.29) is 27.8 Å². The van der Waals surface area contributed by atoms with Crippen molar-refractivity contribution in [1.29, 1.82) is 0 Å².